The molecule has 0 aromatic carbocycles. The smallest absolute Gasteiger partial charge is 0.0452 e. The van der Waals surface area contributed by atoms with E-state index in [1.165, 1.54) is 0 Å². The van der Waals surface area contributed by atoms with Crippen molar-refractivity contribution in [1.29, 1.82) is 0 Å². The Morgan fingerprint density at radius 1 is 1.75 bits per heavy atom. The van der Waals surface area contributed by atoms with E-state index in [1.807, 2.05) is 0 Å². The Morgan fingerprint density at radius 3 is 2.75 bits per heavy atom. The van der Waals surface area contributed by atoms with Crippen molar-refractivity contribution in [2.24, 2.45) is 10.7 Å². The minimum atomic E-state index is 0.697. The van der Waals surface area contributed by atoms with Crippen LogP contribution in [0.15, 0.2) is 29.5 Å². The zero-order chi connectivity index (χ0) is 6.41. The number of allylic oxidation sites excluding steroid dienone is 2. The average Bonchev–Trinajstić information content (AvgIpc) is 1.66. The predicted octanol–water partition coefficient (Wildman–Crippen LogP) is 1.06. The van der Waals surface area contributed by atoms with Crippen molar-refractivity contribution in [2.75, 3.05) is 0 Å². The number of hydrogen-bond acceptors (Lipinski definition) is 2. The molecule has 2 N–H and O–H groups in total. The molecule has 0 aromatic heterocycles. The Balaban J connectivity index is 3.57. The summed E-state index contributed by atoms with van der Waals surface area (Å²) in [4.78, 5) is 3.76. The van der Waals surface area contributed by atoms with Crippen molar-refractivity contribution in [1.82, 2.24) is 0 Å². The van der Waals surface area contributed by atoms with Crippen LogP contribution in [0.1, 0.15) is 6.92 Å². The first-order chi connectivity index (χ1) is 3.77. The van der Waals surface area contributed by atoms with Crippen LogP contribution in [-0.2, 0) is 0 Å². The van der Waals surface area contributed by atoms with Crippen LogP contribution in [-0.4, -0.2) is 6.21 Å². The summed E-state index contributed by atoms with van der Waals surface area (Å²) in [6.45, 7) is 5.22. The van der Waals surface area contributed by atoms with E-state index < -0.39 is 0 Å². The zero-order valence-electron chi connectivity index (χ0n) is 4.96. The third kappa shape index (κ3) is 4.95. The third-order valence-electron chi connectivity index (χ3n) is 0.470. The minimum absolute atomic E-state index is 0.697. The van der Waals surface area contributed by atoms with Crippen molar-refractivity contribution in [2.45, 2.75) is 6.92 Å². The minimum Gasteiger partial charge on any atom is -0.401 e. The van der Waals surface area contributed by atoms with E-state index in [4.69, 9.17) is 5.73 Å². The summed E-state index contributed by atoms with van der Waals surface area (Å²) < 4.78 is 0. The second-order valence-electron chi connectivity index (χ2n) is 1.41. The van der Waals surface area contributed by atoms with E-state index in [0.29, 0.717) is 5.70 Å². The molecule has 0 aliphatic rings. The van der Waals surface area contributed by atoms with Crippen molar-refractivity contribution < 1.29 is 0 Å². The van der Waals surface area contributed by atoms with E-state index >= 15 is 0 Å². The van der Waals surface area contributed by atoms with Gasteiger partial charge in [0.1, 0.15) is 0 Å². The van der Waals surface area contributed by atoms with Gasteiger partial charge in [0.05, 0.1) is 0 Å². The molecule has 0 radical (unpaired) electrons. The lowest BCUT2D eigenvalue weighted by Gasteiger charge is -1.80. The van der Waals surface area contributed by atoms with Gasteiger partial charge in [-0.1, -0.05) is 12.7 Å². The third-order valence-corrected chi connectivity index (χ3v) is 0.470. The van der Waals surface area contributed by atoms with Crippen molar-refractivity contribution in [3.05, 3.63) is 24.6 Å². The van der Waals surface area contributed by atoms with Crippen LogP contribution >= 0.6 is 0 Å². The van der Waals surface area contributed by atoms with E-state index in [2.05, 4.69) is 11.6 Å². The van der Waals surface area contributed by atoms with Crippen LogP contribution < -0.4 is 5.73 Å². The molecule has 0 heterocycles. The predicted molar refractivity (Wildman–Crippen MR) is 36.6 cm³/mol. The first-order valence-electron chi connectivity index (χ1n) is 2.34. The molecule has 0 rings (SSSR count). The van der Waals surface area contributed by atoms with Gasteiger partial charge in [0, 0.05) is 18.1 Å². The topological polar surface area (TPSA) is 38.4 Å². The van der Waals surface area contributed by atoms with Crippen LogP contribution in [0.5, 0.6) is 0 Å². The number of nitrogens with zero attached hydrogens (tertiary/aromatic N) is 1. The molecule has 44 valence electrons. The van der Waals surface area contributed by atoms with Gasteiger partial charge in [-0.05, 0) is 6.92 Å². The van der Waals surface area contributed by atoms with Crippen LogP contribution in [0.2, 0.25) is 0 Å². The molecule has 0 bridgehead atoms. The molecule has 0 atom stereocenters. The van der Waals surface area contributed by atoms with Gasteiger partial charge in [0.15, 0.2) is 0 Å². The van der Waals surface area contributed by atoms with E-state index in [-0.39, 0.29) is 0 Å². The number of rotatable bonds is 2. The molecule has 0 aliphatic heterocycles. The Bertz CT molecular complexity index is 118. The van der Waals surface area contributed by atoms with E-state index in [9.17, 15) is 0 Å². The molecule has 0 amide bonds. The second-order valence-corrected chi connectivity index (χ2v) is 1.41. The zero-order valence-corrected chi connectivity index (χ0v) is 4.96. The van der Waals surface area contributed by atoms with Crippen molar-refractivity contribution >= 4 is 6.21 Å². The molecule has 2 heteroatoms. The Morgan fingerprint density at radius 2 is 2.38 bits per heavy atom. The van der Waals surface area contributed by atoms with Gasteiger partial charge in [-0.25, -0.2) is 0 Å². The molecule has 8 heavy (non-hydrogen) atoms. The Labute approximate surface area is 49.4 Å². The molecule has 0 saturated carbocycles. The summed E-state index contributed by atoms with van der Waals surface area (Å²) in [5.41, 5.74) is 5.94. The van der Waals surface area contributed by atoms with E-state index in [0.717, 1.165) is 0 Å². The van der Waals surface area contributed by atoms with E-state index in [1.54, 1.807) is 25.4 Å². The maximum Gasteiger partial charge on any atom is 0.0452 e. The highest BCUT2D eigenvalue weighted by Gasteiger charge is 1.66. The Kier molecular flexibility index (Phi) is 3.58. The first kappa shape index (κ1) is 6.95. The number of nitrogens with two attached hydrogens (primary N) is 1. The normalized spacial score (nSPS) is 12.4. The molecule has 0 spiro atoms. The van der Waals surface area contributed by atoms with Crippen LogP contribution in [0.3, 0.4) is 0 Å². The highest BCUT2D eigenvalue weighted by molar-refractivity contribution is 5.70. The summed E-state index contributed by atoms with van der Waals surface area (Å²) in [6.07, 6.45) is 4.75. The Hall–Kier alpha value is -1.05. The SMILES string of the molecule is C=CC=N/C=C(/C)N. The molecule has 0 aliphatic carbocycles. The first-order valence-corrected chi connectivity index (χ1v) is 2.34. The molecular formula is C6H10N2. The summed E-state index contributed by atoms with van der Waals surface area (Å²) in [6, 6.07) is 0. The van der Waals surface area contributed by atoms with Crippen molar-refractivity contribution in [3.63, 3.8) is 0 Å². The molecule has 0 unspecified atom stereocenters. The maximum atomic E-state index is 5.25. The lowest BCUT2D eigenvalue weighted by molar-refractivity contribution is 1.28. The summed E-state index contributed by atoms with van der Waals surface area (Å²) in [5, 5.41) is 0. The summed E-state index contributed by atoms with van der Waals surface area (Å²) >= 11 is 0. The number of hydrogen-bond donors (Lipinski definition) is 1. The van der Waals surface area contributed by atoms with Gasteiger partial charge in [0.25, 0.3) is 0 Å². The lowest BCUT2D eigenvalue weighted by Crippen LogP contribution is -1.87. The van der Waals surface area contributed by atoms with Gasteiger partial charge < -0.3 is 5.73 Å². The molecule has 0 fully saturated rings. The van der Waals surface area contributed by atoms with Gasteiger partial charge >= 0.3 is 0 Å². The standard InChI is InChI=1S/C6H10N2/c1-3-4-8-5-6(2)7/h3-5H,1,7H2,2H3/b6-5-,8-4?. The maximum absolute atomic E-state index is 5.25. The van der Waals surface area contributed by atoms with Gasteiger partial charge in [-0.3, -0.25) is 4.99 Å². The summed E-state index contributed by atoms with van der Waals surface area (Å²) in [5.74, 6) is 0. The van der Waals surface area contributed by atoms with Crippen molar-refractivity contribution in [3.8, 4) is 0 Å². The fourth-order valence-corrected chi connectivity index (χ4v) is 0.221. The molecule has 0 saturated heterocycles. The molecular weight excluding hydrogens is 100 g/mol. The molecule has 0 aromatic rings. The van der Waals surface area contributed by atoms with Gasteiger partial charge in [-0.2, -0.15) is 0 Å². The quantitative estimate of drug-likeness (QED) is 0.530. The van der Waals surface area contributed by atoms with Crippen LogP contribution in [0.25, 0.3) is 0 Å². The fourth-order valence-electron chi connectivity index (χ4n) is 0.221. The number of aliphatic imine (C=N–C) groups is 1. The summed E-state index contributed by atoms with van der Waals surface area (Å²) in [7, 11) is 0. The highest BCUT2D eigenvalue weighted by Crippen LogP contribution is 1.77. The van der Waals surface area contributed by atoms with Crippen LogP contribution in [0, 0.1) is 0 Å². The monoisotopic (exact) mass is 110 g/mol. The highest BCUT2D eigenvalue weighted by atomic mass is 14.7. The van der Waals surface area contributed by atoms with Gasteiger partial charge in [-0.15, -0.1) is 0 Å². The second kappa shape index (κ2) is 4.12. The van der Waals surface area contributed by atoms with Crippen LogP contribution in [0.4, 0.5) is 0 Å². The fraction of sp³-hybridized carbons (Fsp3) is 0.167. The van der Waals surface area contributed by atoms with Gasteiger partial charge in [0.2, 0.25) is 0 Å². The average molecular weight is 110 g/mol. The molecule has 2 nitrogen and oxygen atoms in total. The lowest BCUT2D eigenvalue weighted by atomic mass is 10.6. The largest absolute Gasteiger partial charge is 0.401 e.